The predicted octanol–water partition coefficient (Wildman–Crippen LogP) is 3.30. The molecule has 0 aromatic rings. The Bertz CT molecular complexity index is 225. The monoisotopic (exact) mass is 244 g/mol. The molecule has 0 spiro atoms. The second-order valence-corrected chi connectivity index (χ2v) is 4.60. The zero-order valence-corrected chi connectivity index (χ0v) is 10.7. The fourth-order valence-electron chi connectivity index (χ4n) is 1.96. The predicted molar refractivity (Wildman–Crippen MR) is 66.0 cm³/mol. The number of aliphatic carboxylic acids is 2. The molecule has 0 rings (SSSR count). The molecule has 0 saturated carbocycles. The van der Waals surface area contributed by atoms with Crippen LogP contribution < -0.4 is 0 Å². The van der Waals surface area contributed by atoms with E-state index in [4.69, 9.17) is 10.2 Å². The van der Waals surface area contributed by atoms with Crippen LogP contribution in [0.4, 0.5) is 0 Å². The first-order valence-electron chi connectivity index (χ1n) is 6.49. The molecule has 100 valence electrons. The minimum Gasteiger partial charge on any atom is -0.481 e. The molecule has 17 heavy (non-hydrogen) atoms. The maximum atomic E-state index is 10.6. The van der Waals surface area contributed by atoms with Gasteiger partial charge in [-0.25, -0.2) is 0 Å². The van der Waals surface area contributed by atoms with Crippen molar-refractivity contribution in [2.75, 3.05) is 0 Å². The van der Waals surface area contributed by atoms with Gasteiger partial charge >= 0.3 is 11.9 Å². The van der Waals surface area contributed by atoms with E-state index < -0.39 is 11.9 Å². The highest BCUT2D eigenvalue weighted by Crippen LogP contribution is 2.20. The van der Waals surface area contributed by atoms with Gasteiger partial charge in [0.15, 0.2) is 0 Å². The number of carboxylic acids is 2. The Balaban J connectivity index is 3.76. The molecular formula is C13H24O4. The summed E-state index contributed by atoms with van der Waals surface area (Å²) in [5, 5.41) is 17.3. The van der Waals surface area contributed by atoms with Crippen molar-refractivity contribution in [3.05, 3.63) is 0 Å². The number of hydrogen-bond donors (Lipinski definition) is 2. The van der Waals surface area contributed by atoms with Gasteiger partial charge in [-0.1, -0.05) is 39.0 Å². The van der Waals surface area contributed by atoms with E-state index in [0.29, 0.717) is 6.42 Å². The first-order chi connectivity index (χ1) is 8.06. The molecule has 0 aliphatic carbocycles. The smallest absolute Gasteiger partial charge is 0.303 e. The Kier molecular flexibility index (Phi) is 9.49. The van der Waals surface area contributed by atoms with Crippen LogP contribution in [0.3, 0.4) is 0 Å². The van der Waals surface area contributed by atoms with E-state index >= 15 is 0 Å². The topological polar surface area (TPSA) is 74.6 Å². The van der Waals surface area contributed by atoms with Crippen LogP contribution in [-0.4, -0.2) is 22.2 Å². The summed E-state index contributed by atoms with van der Waals surface area (Å²) in [5.74, 6) is -1.65. The Morgan fingerprint density at radius 1 is 0.941 bits per heavy atom. The Hall–Kier alpha value is -1.06. The van der Waals surface area contributed by atoms with Crippen LogP contribution in [0.15, 0.2) is 0 Å². The number of unbranched alkanes of at least 4 members (excludes halogenated alkanes) is 4. The lowest BCUT2D eigenvalue weighted by Gasteiger charge is -2.13. The van der Waals surface area contributed by atoms with Gasteiger partial charge in [-0.3, -0.25) is 9.59 Å². The molecule has 0 aromatic heterocycles. The molecule has 0 fully saturated rings. The van der Waals surface area contributed by atoms with Gasteiger partial charge in [0.25, 0.3) is 0 Å². The minimum absolute atomic E-state index is 0.0187. The molecule has 0 aliphatic rings. The van der Waals surface area contributed by atoms with Gasteiger partial charge in [-0.2, -0.15) is 0 Å². The Morgan fingerprint density at radius 3 is 2.12 bits per heavy atom. The lowest BCUT2D eigenvalue weighted by atomic mass is 9.93. The Morgan fingerprint density at radius 2 is 1.59 bits per heavy atom. The molecule has 2 N–H and O–H groups in total. The Labute approximate surface area is 103 Å². The fourth-order valence-corrected chi connectivity index (χ4v) is 1.96. The summed E-state index contributed by atoms with van der Waals surface area (Å²) in [6.45, 7) is 2.15. The largest absolute Gasteiger partial charge is 0.481 e. The second-order valence-electron chi connectivity index (χ2n) is 4.60. The number of carbonyl (C=O) groups is 2. The quantitative estimate of drug-likeness (QED) is 0.547. The fraction of sp³-hybridized carbons (Fsp3) is 0.846. The van der Waals surface area contributed by atoms with Crippen molar-refractivity contribution in [1.29, 1.82) is 0 Å². The van der Waals surface area contributed by atoms with Crippen molar-refractivity contribution >= 4 is 11.9 Å². The molecule has 1 atom stereocenters. The van der Waals surface area contributed by atoms with E-state index in [0.717, 1.165) is 19.3 Å². The lowest BCUT2D eigenvalue weighted by molar-refractivity contribution is -0.140. The van der Waals surface area contributed by atoms with Crippen molar-refractivity contribution in [3.63, 3.8) is 0 Å². The van der Waals surface area contributed by atoms with Gasteiger partial charge in [0.1, 0.15) is 0 Å². The summed E-state index contributed by atoms with van der Waals surface area (Å²) in [6.07, 6.45) is 7.23. The number of rotatable bonds is 11. The van der Waals surface area contributed by atoms with E-state index in [-0.39, 0.29) is 18.8 Å². The van der Waals surface area contributed by atoms with E-state index in [2.05, 4.69) is 6.92 Å². The average Bonchev–Trinajstić information content (AvgIpc) is 2.24. The summed E-state index contributed by atoms with van der Waals surface area (Å²) in [6, 6.07) is 0. The molecule has 0 saturated heterocycles. The lowest BCUT2D eigenvalue weighted by Crippen LogP contribution is -2.10. The van der Waals surface area contributed by atoms with Crippen molar-refractivity contribution in [2.45, 2.75) is 64.7 Å². The van der Waals surface area contributed by atoms with Gasteiger partial charge in [-0.05, 0) is 18.8 Å². The van der Waals surface area contributed by atoms with Crippen molar-refractivity contribution in [3.8, 4) is 0 Å². The van der Waals surface area contributed by atoms with Gasteiger partial charge in [0.2, 0.25) is 0 Å². The summed E-state index contributed by atoms with van der Waals surface area (Å²) in [7, 11) is 0. The van der Waals surface area contributed by atoms with Crippen LogP contribution in [0.2, 0.25) is 0 Å². The van der Waals surface area contributed by atoms with E-state index in [1.54, 1.807) is 0 Å². The second kappa shape index (κ2) is 10.1. The number of carboxylic acid groups (broad SMARTS) is 2. The van der Waals surface area contributed by atoms with Crippen molar-refractivity contribution in [2.24, 2.45) is 5.92 Å². The minimum atomic E-state index is -0.841. The first-order valence-corrected chi connectivity index (χ1v) is 6.49. The van der Waals surface area contributed by atoms with E-state index in [1.807, 2.05) is 0 Å². The van der Waals surface area contributed by atoms with E-state index in [9.17, 15) is 9.59 Å². The summed E-state index contributed by atoms with van der Waals surface area (Å²) >= 11 is 0. The SMILES string of the molecule is CCCCCCCC(CCC(=O)O)CC(=O)O. The molecule has 0 amide bonds. The zero-order chi connectivity index (χ0) is 13.1. The summed E-state index contributed by atoms with van der Waals surface area (Å²) < 4.78 is 0. The molecule has 0 aromatic carbocycles. The van der Waals surface area contributed by atoms with Gasteiger partial charge < -0.3 is 10.2 Å². The molecule has 0 heterocycles. The summed E-state index contributed by atoms with van der Waals surface area (Å²) in [5.41, 5.74) is 0. The maximum absolute atomic E-state index is 10.6. The molecule has 4 nitrogen and oxygen atoms in total. The molecular weight excluding hydrogens is 220 g/mol. The normalized spacial score (nSPS) is 12.3. The standard InChI is InChI=1S/C13H24O4/c1-2-3-4-5-6-7-11(10-13(16)17)8-9-12(14)15/h11H,2-10H2,1H3,(H,14,15)(H,16,17). The molecule has 0 bridgehead atoms. The van der Waals surface area contributed by atoms with Gasteiger partial charge in [0, 0.05) is 12.8 Å². The van der Waals surface area contributed by atoms with Gasteiger partial charge in [0.05, 0.1) is 0 Å². The van der Waals surface area contributed by atoms with Crippen LogP contribution in [0.5, 0.6) is 0 Å². The zero-order valence-electron chi connectivity index (χ0n) is 10.7. The average molecular weight is 244 g/mol. The third-order valence-electron chi connectivity index (χ3n) is 2.95. The molecule has 4 heteroatoms. The number of hydrogen-bond acceptors (Lipinski definition) is 2. The molecule has 0 radical (unpaired) electrons. The molecule has 0 aliphatic heterocycles. The highest BCUT2D eigenvalue weighted by Gasteiger charge is 2.14. The van der Waals surface area contributed by atoms with Gasteiger partial charge in [-0.15, -0.1) is 0 Å². The first kappa shape index (κ1) is 15.9. The van der Waals surface area contributed by atoms with Crippen molar-refractivity contribution in [1.82, 2.24) is 0 Å². The van der Waals surface area contributed by atoms with Crippen LogP contribution in [0.25, 0.3) is 0 Å². The third-order valence-corrected chi connectivity index (χ3v) is 2.95. The van der Waals surface area contributed by atoms with Crippen LogP contribution in [-0.2, 0) is 9.59 Å². The van der Waals surface area contributed by atoms with Crippen LogP contribution >= 0.6 is 0 Å². The maximum Gasteiger partial charge on any atom is 0.303 e. The highest BCUT2D eigenvalue weighted by atomic mass is 16.4. The van der Waals surface area contributed by atoms with Crippen LogP contribution in [0.1, 0.15) is 64.7 Å². The third kappa shape index (κ3) is 11.2. The van der Waals surface area contributed by atoms with Crippen LogP contribution in [0, 0.1) is 5.92 Å². The van der Waals surface area contributed by atoms with Crippen molar-refractivity contribution < 1.29 is 19.8 Å². The highest BCUT2D eigenvalue weighted by molar-refractivity contribution is 5.68. The van der Waals surface area contributed by atoms with E-state index in [1.165, 1.54) is 19.3 Å². The summed E-state index contributed by atoms with van der Waals surface area (Å²) in [4.78, 5) is 21.1. The molecule has 1 unspecified atom stereocenters.